The van der Waals surface area contributed by atoms with Crippen molar-refractivity contribution < 1.29 is 9.59 Å². The predicted molar refractivity (Wildman–Crippen MR) is 82.1 cm³/mol. The molecule has 0 atom stereocenters. The molecule has 4 nitrogen and oxygen atoms in total. The van der Waals surface area contributed by atoms with Crippen LogP contribution in [0.4, 0.5) is 0 Å². The summed E-state index contributed by atoms with van der Waals surface area (Å²) in [5.74, 6) is 2.38. The normalized spacial score (nSPS) is 37.4. The third kappa shape index (κ3) is 2.24. The van der Waals surface area contributed by atoms with Crippen molar-refractivity contribution in [1.82, 2.24) is 10.6 Å². The molecule has 5 heteroatoms. The lowest BCUT2D eigenvalue weighted by Crippen LogP contribution is -2.51. The lowest BCUT2D eigenvalue weighted by atomic mass is 9.54. The van der Waals surface area contributed by atoms with Crippen LogP contribution in [0.25, 0.3) is 0 Å². The average Bonchev–Trinajstić information content (AvgIpc) is 2.39. The fourth-order valence-electron chi connectivity index (χ4n) is 4.81. The van der Waals surface area contributed by atoms with Crippen molar-refractivity contribution in [3.05, 3.63) is 23.3 Å². The highest BCUT2D eigenvalue weighted by Gasteiger charge is 2.44. The Bertz CT molecular complexity index is 553. The molecule has 5 rings (SSSR count). The van der Waals surface area contributed by atoms with Gasteiger partial charge in [0.1, 0.15) is 5.57 Å². The third-order valence-corrected chi connectivity index (χ3v) is 5.67. The molecule has 4 saturated carbocycles. The third-order valence-electron chi connectivity index (χ3n) is 5.47. The van der Waals surface area contributed by atoms with Crippen LogP contribution in [0.5, 0.6) is 0 Å². The van der Waals surface area contributed by atoms with Crippen LogP contribution >= 0.6 is 12.2 Å². The quantitative estimate of drug-likeness (QED) is 0.441. The number of hydrogen-bond donors (Lipinski definition) is 2. The van der Waals surface area contributed by atoms with Gasteiger partial charge in [0, 0.05) is 0 Å². The Labute approximate surface area is 129 Å². The molecule has 0 aromatic carbocycles. The van der Waals surface area contributed by atoms with Gasteiger partial charge in [-0.25, -0.2) is 0 Å². The second-order valence-electron chi connectivity index (χ2n) is 6.79. The Morgan fingerprint density at radius 2 is 1.38 bits per heavy atom. The van der Waals surface area contributed by atoms with Gasteiger partial charge in [-0.1, -0.05) is 11.6 Å². The van der Waals surface area contributed by atoms with E-state index in [1.54, 1.807) is 6.08 Å². The van der Waals surface area contributed by atoms with E-state index in [1.807, 2.05) is 6.08 Å². The monoisotopic (exact) mass is 302 g/mol. The second kappa shape index (κ2) is 4.77. The molecule has 0 unspecified atom stereocenters. The van der Waals surface area contributed by atoms with Crippen molar-refractivity contribution in [3.63, 3.8) is 0 Å². The maximum Gasteiger partial charge on any atom is 0.263 e. The van der Waals surface area contributed by atoms with Gasteiger partial charge in [-0.2, -0.15) is 0 Å². The van der Waals surface area contributed by atoms with Crippen LogP contribution in [-0.4, -0.2) is 16.9 Å². The van der Waals surface area contributed by atoms with Crippen molar-refractivity contribution in [2.24, 2.45) is 23.7 Å². The van der Waals surface area contributed by atoms with Gasteiger partial charge in [0.25, 0.3) is 11.8 Å². The van der Waals surface area contributed by atoms with Crippen LogP contribution < -0.4 is 10.6 Å². The number of rotatable bonds is 1. The Hall–Kier alpha value is -1.49. The van der Waals surface area contributed by atoms with Gasteiger partial charge in [-0.3, -0.25) is 20.2 Å². The molecular formula is C16H18N2O2S. The largest absolute Gasteiger partial charge is 0.299 e. The molecule has 0 aromatic rings. The van der Waals surface area contributed by atoms with Gasteiger partial charge < -0.3 is 0 Å². The van der Waals surface area contributed by atoms with Crippen LogP contribution in [0.2, 0.25) is 0 Å². The van der Waals surface area contributed by atoms with E-state index in [2.05, 4.69) is 10.6 Å². The molecule has 4 aliphatic carbocycles. The molecule has 2 amide bonds. The number of hydrogen-bond acceptors (Lipinski definition) is 3. The number of amides is 2. The molecule has 0 radical (unpaired) electrons. The van der Waals surface area contributed by atoms with Crippen molar-refractivity contribution in [3.8, 4) is 0 Å². The van der Waals surface area contributed by atoms with Crippen molar-refractivity contribution >= 4 is 29.1 Å². The molecule has 5 fully saturated rings. The highest BCUT2D eigenvalue weighted by Crippen LogP contribution is 2.56. The molecule has 0 spiro atoms. The number of carbonyl (C=O) groups excluding carboxylic acids is 2. The molecule has 2 N–H and O–H groups in total. The summed E-state index contributed by atoms with van der Waals surface area (Å²) in [4.78, 5) is 23.7. The van der Waals surface area contributed by atoms with Gasteiger partial charge >= 0.3 is 0 Å². The number of carbonyl (C=O) groups is 2. The first-order valence-electron chi connectivity index (χ1n) is 7.68. The number of thiocarbonyl (C=S) groups is 1. The van der Waals surface area contributed by atoms with E-state index in [0.717, 1.165) is 11.8 Å². The van der Waals surface area contributed by atoms with E-state index in [1.165, 1.54) is 37.7 Å². The summed E-state index contributed by atoms with van der Waals surface area (Å²) in [6, 6.07) is 0. The zero-order valence-corrected chi connectivity index (χ0v) is 12.5. The number of nitrogens with one attached hydrogen (secondary N) is 2. The van der Waals surface area contributed by atoms with E-state index in [-0.39, 0.29) is 10.7 Å². The van der Waals surface area contributed by atoms with Gasteiger partial charge in [-0.15, -0.1) is 0 Å². The van der Waals surface area contributed by atoms with Crippen LogP contribution in [0.3, 0.4) is 0 Å². The SMILES string of the molecule is O=C1NC(=S)NC(=O)C1=CC=C1C2CC3CC(C2)CC1C3. The zero-order chi connectivity index (χ0) is 14.6. The lowest BCUT2D eigenvalue weighted by Gasteiger charge is -2.51. The lowest BCUT2D eigenvalue weighted by molar-refractivity contribution is -0.123. The molecule has 1 saturated heterocycles. The van der Waals surface area contributed by atoms with E-state index >= 15 is 0 Å². The van der Waals surface area contributed by atoms with E-state index in [4.69, 9.17) is 12.2 Å². The van der Waals surface area contributed by atoms with Crippen LogP contribution in [0.1, 0.15) is 32.1 Å². The minimum atomic E-state index is -0.399. The summed E-state index contributed by atoms with van der Waals surface area (Å²) in [6.07, 6.45) is 10.3. The minimum Gasteiger partial charge on any atom is -0.299 e. The summed E-state index contributed by atoms with van der Waals surface area (Å²) in [6.45, 7) is 0. The zero-order valence-electron chi connectivity index (χ0n) is 11.7. The van der Waals surface area contributed by atoms with E-state index in [9.17, 15) is 9.59 Å². The standard InChI is InChI=1S/C16H18N2O2S/c19-14-13(15(20)18-16(21)17-14)2-1-12-10-4-8-3-9(6-10)7-11(12)5-8/h1-2,8-11H,3-7H2,(H2,17,18,19,20,21). The highest BCUT2D eigenvalue weighted by molar-refractivity contribution is 7.80. The molecule has 1 aliphatic heterocycles. The first-order chi connectivity index (χ1) is 10.1. The Balaban J connectivity index is 1.60. The predicted octanol–water partition coefficient (Wildman–Crippen LogP) is 1.83. The maximum absolute atomic E-state index is 11.8. The fraction of sp³-hybridized carbons (Fsp3) is 0.562. The van der Waals surface area contributed by atoms with E-state index in [0.29, 0.717) is 11.8 Å². The van der Waals surface area contributed by atoms with Gasteiger partial charge in [0.05, 0.1) is 0 Å². The van der Waals surface area contributed by atoms with Gasteiger partial charge in [0.2, 0.25) is 0 Å². The molecule has 21 heavy (non-hydrogen) atoms. The summed E-state index contributed by atoms with van der Waals surface area (Å²) in [7, 11) is 0. The van der Waals surface area contributed by atoms with Crippen LogP contribution in [0.15, 0.2) is 23.3 Å². The minimum absolute atomic E-state index is 0.0874. The first-order valence-corrected chi connectivity index (χ1v) is 8.09. The topological polar surface area (TPSA) is 58.2 Å². The van der Waals surface area contributed by atoms with Crippen molar-refractivity contribution in [2.75, 3.05) is 0 Å². The molecule has 5 aliphatic rings. The Morgan fingerprint density at radius 3 is 1.90 bits per heavy atom. The number of allylic oxidation sites excluding steroid dienone is 3. The highest BCUT2D eigenvalue weighted by atomic mass is 32.1. The average molecular weight is 302 g/mol. The Morgan fingerprint density at radius 1 is 0.857 bits per heavy atom. The first kappa shape index (κ1) is 13.2. The summed E-state index contributed by atoms with van der Waals surface area (Å²) in [5, 5.41) is 5.04. The summed E-state index contributed by atoms with van der Waals surface area (Å²) < 4.78 is 0. The van der Waals surface area contributed by atoms with Gasteiger partial charge in [0.15, 0.2) is 5.11 Å². The smallest absolute Gasteiger partial charge is 0.263 e. The molecule has 1 heterocycles. The van der Waals surface area contributed by atoms with Gasteiger partial charge in [-0.05, 0) is 74.1 Å². The molecular weight excluding hydrogens is 284 g/mol. The van der Waals surface area contributed by atoms with Crippen LogP contribution in [0, 0.1) is 23.7 Å². The van der Waals surface area contributed by atoms with Crippen molar-refractivity contribution in [1.29, 1.82) is 0 Å². The Kier molecular flexibility index (Phi) is 2.99. The van der Waals surface area contributed by atoms with Crippen LogP contribution in [-0.2, 0) is 9.59 Å². The molecule has 4 bridgehead atoms. The van der Waals surface area contributed by atoms with Crippen molar-refractivity contribution in [2.45, 2.75) is 32.1 Å². The molecule has 110 valence electrons. The maximum atomic E-state index is 11.8. The molecule has 0 aromatic heterocycles. The fourth-order valence-corrected chi connectivity index (χ4v) is 4.99. The summed E-state index contributed by atoms with van der Waals surface area (Å²) >= 11 is 4.80. The summed E-state index contributed by atoms with van der Waals surface area (Å²) in [5.41, 5.74) is 1.62. The van der Waals surface area contributed by atoms with E-state index < -0.39 is 11.8 Å². The second-order valence-corrected chi connectivity index (χ2v) is 7.20.